The number of aromatic nitrogens is 5. The van der Waals surface area contributed by atoms with Crippen molar-refractivity contribution in [2.45, 2.75) is 9.92 Å². The molecule has 0 aliphatic heterocycles. The van der Waals surface area contributed by atoms with E-state index >= 15 is 0 Å². The van der Waals surface area contributed by atoms with Gasteiger partial charge in [-0.2, -0.15) is 0 Å². The molecule has 0 fully saturated rings. The van der Waals surface area contributed by atoms with E-state index < -0.39 is 0 Å². The minimum absolute atomic E-state index is 0.517. The van der Waals surface area contributed by atoms with Crippen LogP contribution in [0.2, 0.25) is 0 Å². The molecule has 7 heteroatoms. The van der Waals surface area contributed by atoms with Crippen LogP contribution in [0.3, 0.4) is 0 Å². The molecule has 3 heterocycles. The lowest BCUT2D eigenvalue weighted by atomic mass is 10.2. The first-order valence-electron chi connectivity index (χ1n) is 6.93. The fraction of sp³-hybridized carbons (Fsp3) is 0. The number of fused-ring (bicyclic) bond motifs is 1. The normalized spacial score (nSPS) is 11.0. The molecule has 0 saturated heterocycles. The Kier molecular flexibility index (Phi) is 3.39. The summed E-state index contributed by atoms with van der Waals surface area (Å²) in [4.78, 5) is 18.0. The quantitative estimate of drug-likeness (QED) is 0.584. The molecule has 0 saturated carbocycles. The van der Waals surface area contributed by atoms with Gasteiger partial charge in [-0.3, -0.25) is 9.55 Å². The molecular formula is C16H12N6S. The first kappa shape index (κ1) is 13.7. The van der Waals surface area contributed by atoms with Crippen molar-refractivity contribution in [2.75, 3.05) is 5.73 Å². The van der Waals surface area contributed by atoms with Crippen LogP contribution in [0.4, 0.5) is 5.69 Å². The predicted molar refractivity (Wildman–Crippen MR) is 89.4 cm³/mol. The van der Waals surface area contributed by atoms with E-state index in [9.17, 15) is 0 Å². The minimum atomic E-state index is 0.517. The Morgan fingerprint density at radius 1 is 1.00 bits per heavy atom. The molecule has 3 aromatic heterocycles. The number of para-hydroxylation sites is 1. The van der Waals surface area contributed by atoms with Crippen LogP contribution < -0.4 is 5.73 Å². The van der Waals surface area contributed by atoms with E-state index in [1.54, 1.807) is 29.5 Å². The van der Waals surface area contributed by atoms with Gasteiger partial charge in [0.15, 0.2) is 5.82 Å². The van der Waals surface area contributed by atoms with Crippen LogP contribution in [0.25, 0.3) is 16.7 Å². The number of hydrogen-bond acceptors (Lipinski definition) is 6. The molecule has 0 radical (unpaired) electrons. The number of hydrogen-bond donors (Lipinski definition) is 1. The van der Waals surface area contributed by atoms with Gasteiger partial charge in [-0.15, -0.1) is 0 Å². The smallest absolute Gasteiger partial charge is 0.165 e. The zero-order valence-electron chi connectivity index (χ0n) is 12.0. The van der Waals surface area contributed by atoms with Crippen molar-refractivity contribution < 1.29 is 0 Å². The monoisotopic (exact) mass is 320 g/mol. The van der Waals surface area contributed by atoms with Crippen molar-refractivity contribution in [3.05, 3.63) is 61.6 Å². The van der Waals surface area contributed by atoms with Crippen LogP contribution in [0.15, 0.2) is 71.5 Å². The summed E-state index contributed by atoms with van der Waals surface area (Å²) < 4.78 is 1.77. The zero-order chi connectivity index (χ0) is 15.6. The highest BCUT2D eigenvalue weighted by Gasteiger charge is 2.12. The molecule has 4 aromatic rings. The highest BCUT2D eigenvalue weighted by atomic mass is 32.2. The Morgan fingerprint density at radius 2 is 1.91 bits per heavy atom. The van der Waals surface area contributed by atoms with E-state index in [-0.39, 0.29) is 0 Å². The van der Waals surface area contributed by atoms with Crippen LogP contribution in [0.1, 0.15) is 0 Å². The summed E-state index contributed by atoms with van der Waals surface area (Å²) in [6.07, 6.45) is 8.43. The number of nitrogen functional groups attached to an aromatic ring is 1. The van der Waals surface area contributed by atoms with E-state index in [0.29, 0.717) is 16.5 Å². The number of nitrogens with two attached hydrogens (primary N) is 1. The van der Waals surface area contributed by atoms with Gasteiger partial charge in [0.1, 0.15) is 23.4 Å². The molecule has 2 N–H and O–H groups in total. The van der Waals surface area contributed by atoms with Crippen LogP contribution in [-0.2, 0) is 0 Å². The summed E-state index contributed by atoms with van der Waals surface area (Å²) in [7, 11) is 0. The van der Waals surface area contributed by atoms with Crippen molar-refractivity contribution >= 4 is 28.4 Å². The second kappa shape index (κ2) is 5.69. The second-order valence-corrected chi connectivity index (χ2v) is 5.85. The molecule has 0 unspecified atom stereocenters. The number of rotatable bonds is 3. The Morgan fingerprint density at radius 3 is 2.78 bits per heavy atom. The molecule has 0 bridgehead atoms. The Bertz CT molecular complexity index is 962. The van der Waals surface area contributed by atoms with E-state index in [1.807, 2.05) is 30.3 Å². The fourth-order valence-corrected chi connectivity index (χ4v) is 3.23. The summed E-state index contributed by atoms with van der Waals surface area (Å²) in [5.41, 5.74) is 7.70. The number of anilines is 1. The molecule has 1 aromatic carbocycles. The standard InChI is InChI=1S/C16H12N6S/c17-13-15(22-8-7-18-10-22)20-9-21-16(13)23-12-5-1-3-11-4-2-6-19-14(11)12/h1-10H,17H2. The average Bonchev–Trinajstić information content (AvgIpc) is 3.11. The topological polar surface area (TPSA) is 82.5 Å². The van der Waals surface area contributed by atoms with Gasteiger partial charge in [0, 0.05) is 28.9 Å². The molecule has 0 spiro atoms. The lowest BCUT2D eigenvalue weighted by Gasteiger charge is -2.10. The van der Waals surface area contributed by atoms with Crippen molar-refractivity contribution in [1.82, 2.24) is 24.5 Å². The highest BCUT2D eigenvalue weighted by Crippen LogP contribution is 2.35. The maximum Gasteiger partial charge on any atom is 0.165 e. The van der Waals surface area contributed by atoms with Crippen LogP contribution in [-0.4, -0.2) is 24.5 Å². The third kappa shape index (κ3) is 2.51. The van der Waals surface area contributed by atoms with E-state index in [1.165, 1.54) is 18.1 Å². The number of pyridine rings is 1. The third-order valence-electron chi connectivity index (χ3n) is 3.38. The van der Waals surface area contributed by atoms with Crippen LogP contribution in [0.5, 0.6) is 0 Å². The summed E-state index contributed by atoms with van der Waals surface area (Å²) in [6.45, 7) is 0. The van der Waals surface area contributed by atoms with Crippen molar-refractivity contribution in [2.24, 2.45) is 0 Å². The molecule has 4 rings (SSSR count). The van der Waals surface area contributed by atoms with Gasteiger partial charge in [-0.25, -0.2) is 15.0 Å². The van der Waals surface area contributed by atoms with Gasteiger partial charge in [-0.05, 0) is 12.1 Å². The highest BCUT2D eigenvalue weighted by molar-refractivity contribution is 7.99. The van der Waals surface area contributed by atoms with Crippen molar-refractivity contribution in [3.63, 3.8) is 0 Å². The van der Waals surface area contributed by atoms with Gasteiger partial charge in [-0.1, -0.05) is 30.0 Å². The minimum Gasteiger partial charge on any atom is -0.393 e. The third-order valence-corrected chi connectivity index (χ3v) is 4.45. The molecule has 0 amide bonds. The summed E-state index contributed by atoms with van der Waals surface area (Å²) in [6, 6.07) is 10.0. The van der Waals surface area contributed by atoms with Gasteiger partial charge < -0.3 is 5.73 Å². The van der Waals surface area contributed by atoms with E-state index in [2.05, 4.69) is 19.9 Å². The fourth-order valence-electron chi connectivity index (χ4n) is 2.30. The van der Waals surface area contributed by atoms with Gasteiger partial charge >= 0.3 is 0 Å². The Hall–Kier alpha value is -2.93. The van der Waals surface area contributed by atoms with Crippen LogP contribution >= 0.6 is 11.8 Å². The molecule has 23 heavy (non-hydrogen) atoms. The lowest BCUT2D eigenvalue weighted by Crippen LogP contribution is -2.03. The Balaban J connectivity index is 1.78. The first-order valence-corrected chi connectivity index (χ1v) is 7.75. The first-order chi connectivity index (χ1) is 11.3. The van der Waals surface area contributed by atoms with Gasteiger partial charge in [0.05, 0.1) is 5.52 Å². The lowest BCUT2D eigenvalue weighted by molar-refractivity contribution is 0.942. The summed E-state index contributed by atoms with van der Waals surface area (Å²) >= 11 is 1.48. The largest absolute Gasteiger partial charge is 0.393 e. The second-order valence-electron chi connectivity index (χ2n) is 4.82. The van der Waals surface area contributed by atoms with Gasteiger partial charge in [0.2, 0.25) is 0 Å². The summed E-state index contributed by atoms with van der Waals surface area (Å²) in [5.74, 6) is 0.619. The SMILES string of the molecule is Nc1c(Sc2cccc3cccnc23)ncnc1-n1ccnc1. The number of nitrogens with zero attached hydrogens (tertiary/aromatic N) is 5. The molecule has 0 atom stereocenters. The average molecular weight is 320 g/mol. The molecule has 112 valence electrons. The molecular weight excluding hydrogens is 308 g/mol. The van der Waals surface area contributed by atoms with Gasteiger partial charge in [0.25, 0.3) is 0 Å². The van der Waals surface area contributed by atoms with Crippen LogP contribution in [0, 0.1) is 0 Å². The molecule has 0 aliphatic carbocycles. The van der Waals surface area contributed by atoms with Crippen molar-refractivity contribution in [3.8, 4) is 5.82 Å². The molecule has 0 aliphatic rings. The Labute approximate surface area is 136 Å². The molecule has 6 nitrogen and oxygen atoms in total. The van der Waals surface area contributed by atoms with E-state index in [0.717, 1.165) is 15.8 Å². The van der Waals surface area contributed by atoms with E-state index in [4.69, 9.17) is 5.73 Å². The maximum absolute atomic E-state index is 6.25. The maximum atomic E-state index is 6.25. The van der Waals surface area contributed by atoms with Crippen molar-refractivity contribution in [1.29, 1.82) is 0 Å². The predicted octanol–water partition coefficient (Wildman–Crippen LogP) is 2.94. The number of imidazole rings is 1. The number of benzene rings is 1. The zero-order valence-corrected chi connectivity index (χ0v) is 12.8. The summed E-state index contributed by atoms with van der Waals surface area (Å²) in [5, 5.41) is 1.78.